The van der Waals surface area contributed by atoms with Gasteiger partial charge in [0.25, 0.3) is 0 Å². The summed E-state index contributed by atoms with van der Waals surface area (Å²) in [5, 5.41) is 4.45. The van der Waals surface area contributed by atoms with Gasteiger partial charge in [-0.15, -0.1) is 6.58 Å². The Hall–Kier alpha value is -2.41. The van der Waals surface area contributed by atoms with Crippen LogP contribution in [-0.2, 0) is 4.57 Å². The summed E-state index contributed by atoms with van der Waals surface area (Å²) < 4.78 is 31.1. The Morgan fingerprint density at radius 3 is 1.76 bits per heavy atom. The molecule has 0 radical (unpaired) electrons. The Labute approximate surface area is 152 Å². The van der Waals surface area contributed by atoms with E-state index >= 15 is 0 Å². The summed E-state index contributed by atoms with van der Waals surface area (Å²) in [7, 11) is -3.29. The van der Waals surface area contributed by atoms with Gasteiger partial charge in [0.05, 0.1) is 0 Å². The van der Waals surface area contributed by atoms with Crippen LogP contribution in [0, 0.1) is 0 Å². The molecule has 3 aromatic carbocycles. The van der Waals surface area contributed by atoms with Crippen molar-refractivity contribution in [2.75, 3.05) is 0 Å². The van der Waals surface area contributed by atoms with Crippen LogP contribution in [0.5, 0.6) is 0 Å². The summed E-state index contributed by atoms with van der Waals surface area (Å²) in [4.78, 5) is 0. The first kappa shape index (κ1) is 14.9. The van der Waals surface area contributed by atoms with Crippen LogP contribution in [0.4, 0.5) is 0 Å². The van der Waals surface area contributed by atoms with E-state index in [1.165, 1.54) is 6.08 Å². The highest BCUT2D eigenvalue weighted by molar-refractivity contribution is 7.76. The average Bonchev–Trinajstić information content (AvgIpc) is 2.73. The molecule has 0 saturated carbocycles. The lowest BCUT2D eigenvalue weighted by atomic mass is 10.1. The second kappa shape index (κ2) is 8.11. The molecule has 0 unspecified atom stereocenters. The predicted octanol–water partition coefficient (Wildman–Crippen LogP) is 4.82. The molecule has 3 rings (SSSR count). The van der Waals surface area contributed by atoms with Crippen LogP contribution in [0.1, 0.15) is 20.7 Å². The van der Waals surface area contributed by atoms with E-state index in [4.69, 9.17) is 2.74 Å². The van der Waals surface area contributed by atoms with Crippen molar-refractivity contribution in [3.8, 4) is 0 Å². The van der Waals surface area contributed by atoms with Crippen LogP contribution in [0.3, 0.4) is 0 Å². The summed E-state index contributed by atoms with van der Waals surface area (Å²) >= 11 is 0. The van der Waals surface area contributed by atoms with Gasteiger partial charge in [0.1, 0.15) is 0 Å². The van der Waals surface area contributed by atoms with Crippen molar-refractivity contribution in [3.05, 3.63) is 109 Å². The van der Waals surface area contributed by atoms with Crippen molar-refractivity contribution in [3.63, 3.8) is 0 Å². The largest absolute Gasteiger partial charge is 0.297 e. The van der Waals surface area contributed by atoms with E-state index in [1.807, 2.05) is 91.0 Å². The fraction of sp³-hybridized carbons (Fsp3) is 0.0909. The molecule has 1 N–H and O–H groups in total. The minimum Gasteiger partial charge on any atom is -0.297 e. The molecule has 0 saturated heterocycles. The third kappa shape index (κ3) is 3.99. The zero-order valence-electron chi connectivity index (χ0n) is 15.9. The van der Waals surface area contributed by atoms with Crippen molar-refractivity contribution >= 4 is 17.9 Å². The highest BCUT2D eigenvalue weighted by Crippen LogP contribution is 2.42. The van der Waals surface area contributed by atoms with Gasteiger partial charge in [-0.1, -0.05) is 72.8 Å². The molecule has 25 heavy (non-hydrogen) atoms. The lowest BCUT2D eigenvalue weighted by Gasteiger charge is -2.27. The summed E-state index contributed by atoms with van der Waals surface area (Å²) in [6.45, 7) is 3.65. The van der Waals surface area contributed by atoms with Crippen molar-refractivity contribution in [1.82, 2.24) is 5.09 Å². The molecule has 0 fully saturated rings. The van der Waals surface area contributed by atoms with Gasteiger partial charge in [-0.05, 0) is 36.2 Å². The second-order valence-electron chi connectivity index (χ2n) is 5.62. The molecule has 0 aliphatic heterocycles. The second-order valence-corrected chi connectivity index (χ2v) is 8.13. The molecule has 3 heteroatoms. The molecule has 3 aromatic rings. The van der Waals surface area contributed by atoms with Gasteiger partial charge in [0.2, 0.25) is 7.29 Å². The number of rotatable bonds is 7. The third-order valence-electron chi connectivity index (χ3n) is 3.97. The highest BCUT2D eigenvalue weighted by atomic mass is 31.2. The Morgan fingerprint density at radius 2 is 1.32 bits per heavy atom. The first-order chi connectivity index (χ1) is 13.0. The quantitative estimate of drug-likeness (QED) is 0.489. The number of hydrogen-bond acceptors (Lipinski definition) is 1. The molecule has 0 spiro atoms. The Balaban J connectivity index is 2.15. The van der Waals surface area contributed by atoms with Gasteiger partial charge in [-0.3, -0.25) is 9.65 Å². The van der Waals surface area contributed by atoms with Crippen molar-refractivity contribution in [2.45, 2.75) is 12.4 Å². The molecule has 0 aliphatic rings. The fourth-order valence-electron chi connectivity index (χ4n) is 2.73. The number of benzene rings is 3. The maximum Gasteiger partial charge on any atom is 0.205 e. The van der Waals surface area contributed by atoms with Crippen LogP contribution < -0.4 is 15.7 Å². The Kier molecular flexibility index (Phi) is 4.83. The van der Waals surface area contributed by atoms with Crippen LogP contribution in [-0.4, -0.2) is 0 Å². The minimum atomic E-state index is -3.29. The standard InChI is InChI=1S/C22H22NOP/c1-2-12-22(19-13-6-3-7-14-19)23-25(24,20-15-8-4-9-16-20)21-17-10-5-11-18-21/h2-11,13-18,22H,1,12H2,(H,23,24)/t22-/m1/s1/i12D2. The summed E-state index contributed by atoms with van der Waals surface area (Å²) in [6, 6.07) is 26.8. The van der Waals surface area contributed by atoms with E-state index in [2.05, 4.69) is 11.7 Å². The maximum atomic E-state index is 14.3. The fourth-order valence-corrected chi connectivity index (χ4v) is 5.09. The van der Waals surface area contributed by atoms with Crippen LogP contribution in [0.15, 0.2) is 104 Å². The van der Waals surface area contributed by atoms with Crippen LogP contribution >= 0.6 is 7.29 Å². The topological polar surface area (TPSA) is 29.1 Å². The van der Waals surface area contributed by atoms with Crippen molar-refractivity contribution in [1.29, 1.82) is 0 Å². The Bertz CT molecular complexity index is 887. The van der Waals surface area contributed by atoms with Gasteiger partial charge >= 0.3 is 0 Å². The van der Waals surface area contributed by atoms with Gasteiger partial charge < -0.3 is 0 Å². The molecule has 126 valence electrons. The zero-order valence-corrected chi connectivity index (χ0v) is 14.8. The maximum absolute atomic E-state index is 14.3. The number of nitrogens with one attached hydrogen (secondary N) is 1. The lowest BCUT2D eigenvalue weighted by molar-refractivity contribution is 0.561. The van der Waals surface area contributed by atoms with Crippen molar-refractivity contribution < 1.29 is 7.31 Å². The molecule has 0 aliphatic carbocycles. The third-order valence-corrected chi connectivity index (χ3v) is 6.64. The summed E-state index contributed by atoms with van der Waals surface area (Å²) in [5.74, 6) is 0. The predicted molar refractivity (Wildman–Crippen MR) is 107 cm³/mol. The molecule has 0 bridgehead atoms. The van der Waals surface area contributed by atoms with Crippen LogP contribution in [0.25, 0.3) is 0 Å². The van der Waals surface area contributed by atoms with E-state index in [-0.39, 0.29) is 0 Å². The normalized spacial score (nSPS) is 14.2. The molecule has 0 heterocycles. The molecular formula is C22H22NOP. The molecule has 0 amide bonds. The van der Waals surface area contributed by atoms with E-state index in [1.54, 1.807) is 0 Å². The molecular weight excluding hydrogens is 325 g/mol. The van der Waals surface area contributed by atoms with E-state index < -0.39 is 19.7 Å². The first-order valence-electron chi connectivity index (χ1n) is 9.15. The zero-order chi connectivity index (χ0) is 19.3. The summed E-state index contributed by atoms with van der Waals surface area (Å²) in [6.07, 6.45) is -0.529. The monoisotopic (exact) mass is 349 g/mol. The molecule has 2 nitrogen and oxygen atoms in total. The van der Waals surface area contributed by atoms with Crippen LogP contribution in [0.2, 0.25) is 0 Å². The lowest BCUT2D eigenvalue weighted by Crippen LogP contribution is -2.30. The first-order valence-corrected chi connectivity index (χ1v) is 9.86. The summed E-state index contributed by atoms with van der Waals surface area (Å²) in [5.41, 5.74) is 0.717. The molecule has 1 atom stereocenters. The van der Waals surface area contributed by atoms with E-state index in [0.717, 1.165) is 5.56 Å². The van der Waals surface area contributed by atoms with Gasteiger partial charge in [0, 0.05) is 19.4 Å². The van der Waals surface area contributed by atoms with Gasteiger partial charge in [0.15, 0.2) is 0 Å². The highest BCUT2D eigenvalue weighted by Gasteiger charge is 2.30. The van der Waals surface area contributed by atoms with Crippen molar-refractivity contribution in [2.24, 2.45) is 0 Å². The van der Waals surface area contributed by atoms with Gasteiger partial charge in [-0.2, -0.15) is 0 Å². The minimum absolute atomic E-state index is 0.636. The van der Waals surface area contributed by atoms with E-state index in [0.29, 0.717) is 10.6 Å². The number of hydrogen-bond donors (Lipinski definition) is 1. The Morgan fingerprint density at radius 1 is 0.880 bits per heavy atom. The smallest absolute Gasteiger partial charge is 0.205 e. The molecule has 0 aromatic heterocycles. The van der Waals surface area contributed by atoms with Gasteiger partial charge in [-0.25, -0.2) is 0 Å². The SMILES string of the molecule is [2H]C([2H])(C=C)[C@@H](NP(=O)(c1ccccc1)c1ccccc1)c1ccccc1. The average molecular weight is 349 g/mol. The van der Waals surface area contributed by atoms with E-state index in [9.17, 15) is 4.57 Å².